The number of ether oxygens (including phenoxy) is 1. The van der Waals surface area contributed by atoms with Crippen molar-refractivity contribution in [1.29, 1.82) is 0 Å². The lowest BCUT2D eigenvalue weighted by Crippen LogP contribution is -2.55. The fourth-order valence-corrected chi connectivity index (χ4v) is 3.06. The number of aliphatic carboxylic acids is 1. The van der Waals surface area contributed by atoms with Gasteiger partial charge in [-0.3, -0.25) is 9.59 Å². The minimum absolute atomic E-state index is 0.000832. The van der Waals surface area contributed by atoms with Gasteiger partial charge in [-0.05, 0) is 44.9 Å². The van der Waals surface area contributed by atoms with Crippen molar-refractivity contribution in [3.05, 3.63) is 0 Å². The standard InChI is InChI=1S/C14H23NO4/c1-2-19-11-6-10(7-11)8-12(16)15-14(4-3-5-14)9-13(17)18/h10-11H,2-9H2,1H3,(H,15,16)(H,17,18). The lowest BCUT2D eigenvalue weighted by atomic mass is 9.73. The third kappa shape index (κ3) is 3.69. The molecule has 0 spiro atoms. The number of carbonyl (C=O) groups excluding carboxylic acids is 1. The van der Waals surface area contributed by atoms with Crippen LogP contribution in [0, 0.1) is 5.92 Å². The summed E-state index contributed by atoms with van der Waals surface area (Å²) in [5.74, 6) is -0.431. The molecule has 2 aliphatic carbocycles. The molecule has 0 aromatic heterocycles. The van der Waals surface area contributed by atoms with Gasteiger partial charge in [0.1, 0.15) is 0 Å². The smallest absolute Gasteiger partial charge is 0.305 e. The topological polar surface area (TPSA) is 75.6 Å². The summed E-state index contributed by atoms with van der Waals surface area (Å²) in [4.78, 5) is 22.8. The molecule has 108 valence electrons. The van der Waals surface area contributed by atoms with Crippen molar-refractivity contribution >= 4 is 11.9 Å². The first-order valence-corrected chi connectivity index (χ1v) is 7.17. The molecule has 0 aromatic carbocycles. The Hall–Kier alpha value is -1.10. The molecule has 2 rings (SSSR count). The van der Waals surface area contributed by atoms with E-state index in [9.17, 15) is 9.59 Å². The van der Waals surface area contributed by atoms with Gasteiger partial charge in [0.05, 0.1) is 18.1 Å². The highest BCUT2D eigenvalue weighted by atomic mass is 16.5. The van der Waals surface area contributed by atoms with Crippen LogP contribution in [0.3, 0.4) is 0 Å². The molecule has 0 heterocycles. The first-order chi connectivity index (χ1) is 9.03. The maximum atomic E-state index is 12.0. The van der Waals surface area contributed by atoms with Crippen LogP contribution in [0.5, 0.6) is 0 Å². The minimum atomic E-state index is -0.833. The van der Waals surface area contributed by atoms with Crippen LogP contribution in [-0.2, 0) is 14.3 Å². The molecule has 0 aromatic rings. The van der Waals surface area contributed by atoms with E-state index in [2.05, 4.69) is 5.32 Å². The van der Waals surface area contributed by atoms with E-state index in [1.807, 2.05) is 6.92 Å². The van der Waals surface area contributed by atoms with Gasteiger partial charge >= 0.3 is 5.97 Å². The molecule has 0 unspecified atom stereocenters. The Morgan fingerprint density at radius 2 is 2.05 bits per heavy atom. The highest BCUT2D eigenvalue weighted by Crippen LogP contribution is 2.36. The average molecular weight is 269 g/mol. The van der Waals surface area contributed by atoms with Gasteiger partial charge in [0.2, 0.25) is 5.91 Å². The lowest BCUT2D eigenvalue weighted by molar-refractivity contribution is -0.140. The summed E-state index contributed by atoms with van der Waals surface area (Å²) in [6, 6.07) is 0. The quantitative estimate of drug-likeness (QED) is 0.737. The molecular formula is C14H23NO4. The molecule has 2 N–H and O–H groups in total. The number of carbonyl (C=O) groups is 2. The molecule has 1 amide bonds. The van der Waals surface area contributed by atoms with E-state index in [-0.39, 0.29) is 12.3 Å². The summed E-state index contributed by atoms with van der Waals surface area (Å²) in [5, 5.41) is 11.8. The van der Waals surface area contributed by atoms with Crippen LogP contribution in [0.2, 0.25) is 0 Å². The zero-order valence-electron chi connectivity index (χ0n) is 11.5. The number of rotatable bonds is 7. The predicted octanol–water partition coefficient (Wildman–Crippen LogP) is 1.71. The van der Waals surface area contributed by atoms with Gasteiger partial charge in [-0.2, -0.15) is 0 Å². The van der Waals surface area contributed by atoms with Crippen LogP contribution in [0.1, 0.15) is 51.9 Å². The molecular weight excluding hydrogens is 246 g/mol. The first-order valence-electron chi connectivity index (χ1n) is 7.17. The van der Waals surface area contributed by atoms with Crippen LogP contribution in [-0.4, -0.2) is 35.2 Å². The number of carboxylic acid groups (broad SMARTS) is 1. The second-order valence-corrected chi connectivity index (χ2v) is 5.87. The fraction of sp³-hybridized carbons (Fsp3) is 0.857. The van der Waals surface area contributed by atoms with E-state index in [4.69, 9.17) is 9.84 Å². The molecule has 0 atom stereocenters. The fourth-order valence-electron chi connectivity index (χ4n) is 3.06. The highest BCUT2D eigenvalue weighted by molar-refractivity contribution is 5.79. The number of hydrogen-bond acceptors (Lipinski definition) is 3. The zero-order chi connectivity index (χ0) is 13.9. The van der Waals surface area contributed by atoms with Crippen molar-refractivity contribution in [2.45, 2.75) is 63.5 Å². The number of amides is 1. The Kier molecular flexibility index (Phi) is 4.45. The van der Waals surface area contributed by atoms with Crippen molar-refractivity contribution < 1.29 is 19.4 Å². The van der Waals surface area contributed by atoms with Crippen molar-refractivity contribution in [3.63, 3.8) is 0 Å². The summed E-state index contributed by atoms with van der Waals surface area (Å²) in [7, 11) is 0. The second kappa shape index (κ2) is 5.90. The number of hydrogen-bond donors (Lipinski definition) is 2. The van der Waals surface area contributed by atoms with Crippen molar-refractivity contribution in [2.24, 2.45) is 5.92 Å². The van der Waals surface area contributed by atoms with Gasteiger partial charge in [0.25, 0.3) is 0 Å². The molecule has 5 heteroatoms. The van der Waals surface area contributed by atoms with E-state index in [1.54, 1.807) is 0 Å². The maximum Gasteiger partial charge on any atom is 0.305 e. The second-order valence-electron chi connectivity index (χ2n) is 5.87. The SMILES string of the molecule is CCOC1CC(CC(=O)NC2(CC(=O)O)CCC2)C1. The Balaban J connectivity index is 1.71. The van der Waals surface area contributed by atoms with E-state index in [0.717, 1.165) is 38.7 Å². The van der Waals surface area contributed by atoms with Gasteiger partial charge in [-0.1, -0.05) is 0 Å². The Morgan fingerprint density at radius 3 is 2.53 bits per heavy atom. The Labute approximate surface area is 113 Å². The van der Waals surface area contributed by atoms with E-state index >= 15 is 0 Å². The molecule has 0 radical (unpaired) electrons. The van der Waals surface area contributed by atoms with Gasteiger partial charge in [0, 0.05) is 13.0 Å². The molecule has 19 heavy (non-hydrogen) atoms. The maximum absolute atomic E-state index is 12.0. The Bertz CT molecular complexity index is 345. The monoisotopic (exact) mass is 269 g/mol. The van der Waals surface area contributed by atoms with Gasteiger partial charge in [-0.25, -0.2) is 0 Å². The highest BCUT2D eigenvalue weighted by Gasteiger charge is 2.41. The van der Waals surface area contributed by atoms with Crippen LogP contribution in [0.4, 0.5) is 0 Å². The van der Waals surface area contributed by atoms with Crippen LogP contribution in [0.25, 0.3) is 0 Å². The summed E-state index contributed by atoms with van der Waals surface area (Å²) >= 11 is 0. The van der Waals surface area contributed by atoms with Gasteiger partial charge in [0.15, 0.2) is 0 Å². The lowest BCUT2D eigenvalue weighted by Gasteiger charge is -2.42. The molecule has 0 saturated heterocycles. The van der Waals surface area contributed by atoms with Crippen molar-refractivity contribution in [2.75, 3.05) is 6.61 Å². The molecule has 5 nitrogen and oxygen atoms in total. The average Bonchev–Trinajstić information content (AvgIpc) is 2.22. The largest absolute Gasteiger partial charge is 0.481 e. The van der Waals surface area contributed by atoms with Crippen molar-refractivity contribution in [3.8, 4) is 0 Å². The van der Waals surface area contributed by atoms with Crippen LogP contribution >= 0.6 is 0 Å². The van der Waals surface area contributed by atoms with Crippen LogP contribution in [0.15, 0.2) is 0 Å². The first kappa shape index (κ1) is 14.3. The normalized spacial score (nSPS) is 28.1. The summed E-state index contributed by atoms with van der Waals surface area (Å²) < 4.78 is 5.47. The summed E-state index contributed by atoms with van der Waals surface area (Å²) in [6.45, 7) is 2.71. The van der Waals surface area contributed by atoms with Crippen LogP contribution < -0.4 is 5.32 Å². The summed E-state index contributed by atoms with van der Waals surface area (Å²) in [5.41, 5.74) is -0.466. The molecule has 0 bridgehead atoms. The Morgan fingerprint density at radius 1 is 1.37 bits per heavy atom. The number of nitrogens with one attached hydrogen (secondary N) is 1. The third-order valence-electron chi connectivity index (χ3n) is 4.27. The van der Waals surface area contributed by atoms with E-state index in [1.165, 1.54) is 0 Å². The molecule has 0 aliphatic heterocycles. The molecule has 2 fully saturated rings. The zero-order valence-corrected chi connectivity index (χ0v) is 11.5. The van der Waals surface area contributed by atoms with E-state index in [0.29, 0.717) is 18.4 Å². The predicted molar refractivity (Wildman–Crippen MR) is 69.7 cm³/mol. The molecule has 2 aliphatic rings. The summed E-state index contributed by atoms with van der Waals surface area (Å²) in [6.07, 6.45) is 5.35. The minimum Gasteiger partial charge on any atom is -0.481 e. The number of carboxylic acids is 1. The van der Waals surface area contributed by atoms with Crippen molar-refractivity contribution in [1.82, 2.24) is 5.32 Å². The van der Waals surface area contributed by atoms with E-state index < -0.39 is 11.5 Å². The third-order valence-corrected chi connectivity index (χ3v) is 4.27. The molecule has 2 saturated carbocycles. The van der Waals surface area contributed by atoms with Gasteiger partial charge in [-0.15, -0.1) is 0 Å². The van der Waals surface area contributed by atoms with Gasteiger partial charge < -0.3 is 15.2 Å².